The van der Waals surface area contributed by atoms with Crippen LogP contribution in [0.3, 0.4) is 0 Å². The van der Waals surface area contributed by atoms with Crippen LogP contribution in [0.1, 0.15) is 35.1 Å². The molecule has 0 bridgehead atoms. The van der Waals surface area contributed by atoms with Gasteiger partial charge in [-0.25, -0.2) is 4.67 Å². The third kappa shape index (κ3) is 24.9. The summed E-state index contributed by atoms with van der Waals surface area (Å²) in [4.78, 5) is 57.4. The highest BCUT2D eigenvalue weighted by atomic mass is 32.2. The minimum Gasteiger partial charge on any atom is -0.412 e. The summed E-state index contributed by atoms with van der Waals surface area (Å²) in [5.41, 5.74) is 9.61. The Morgan fingerprint density at radius 1 is 0.600 bits per heavy atom. The lowest BCUT2D eigenvalue weighted by Crippen LogP contribution is -2.38. The van der Waals surface area contributed by atoms with E-state index >= 15 is 0 Å². The van der Waals surface area contributed by atoms with Crippen LogP contribution in [0.2, 0.25) is 0 Å². The average Bonchev–Trinajstić information content (AvgIpc) is 3.69. The van der Waals surface area contributed by atoms with Crippen molar-refractivity contribution in [3.63, 3.8) is 0 Å². The fraction of sp³-hybridized carbons (Fsp3) is 0.185. The summed E-state index contributed by atoms with van der Waals surface area (Å²) in [6.07, 6.45) is 0. The zero-order valence-corrected chi connectivity index (χ0v) is 55.7. The third-order valence-corrected chi connectivity index (χ3v) is 30.4. The van der Waals surface area contributed by atoms with Gasteiger partial charge in [-0.1, -0.05) is 218 Å². The van der Waals surface area contributed by atoms with E-state index in [1.165, 1.54) is 69.3 Å². The number of rotatable bonds is 15. The minimum atomic E-state index is -2.42. The number of thioether (sulfide) groups is 2. The predicted molar refractivity (Wildman–Crippen MR) is 386 cm³/mol. The van der Waals surface area contributed by atoms with Gasteiger partial charge in [0.2, 0.25) is 5.91 Å². The van der Waals surface area contributed by atoms with Gasteiger partial charge in [-0.2, -0.15) is 5.09 Å². The van der Waals surface area contributed by atoms with Crippen molar-refractivity contribution in [2.45, 2.75) is 35.1 Å². The molecule has 8 rings (SSSR count). The van der Waals surface area contributed by atoms with Crippen LogP contribution < -0.4 is 52.8 Å². The van der Waals surface area contributed by atoms with Gasteiger partial charge in [0.05, 0.1) is 7.11 Å². The lowest BCUT2D eigenvalue weighted by Gasteiger charge is -2.32. The molecular weight excluding hydrogens is 1210 g/mol. The first-order chi connectivity index (χ1) is 40.0. The highest BCUT2D eigenvalue weighted by Gasteiger charge is 2.48. The Hall–Kier alpha value is -5.78. The maximum atomic E-state index is 12.0. The Morgan fingerprint density at radius 3 is 1.14 bits per heavy atom. The standard InChI is InChI=1S/C16H19NOPS.C16H18NOPS.C15H15OPS.C13H13OPS.C3H7NO.CH3N3.CH4.H2O/c1-14(18)20-13-19(17-2,15-9-5-3-6-10-15)16-11-7-4-8-12-16;1-14(18)17(2)19(13-20,15-9-5-3-6-10-15)16-11-7-4-8-12-16;1-13(16)18-12-17(14-8-4-2-5-9-14)15-10-6-3-7-11-15;14-15(11-16,12-7-3-1-4-8-12)13-9-5-2-6-10-13;1-3(5)4-2;1-3-4-2;;/h3-12,17H,13H2,1-2H3;3-12H,13H2,1-2H3;2-11H,12H2,1H3;1-11,14,16H;1-2H3,(H,4,5);1H3;1H4;1H2/q+1;;;;;;;/p+1. The van der Waals surface area contributed by atoms with Crippen molar-refractivity contribution >= 4 is 148 Å². The Bertz CT molecular complexity index is 3080. The Morgan fingerprint density at radius 2 is 0.894 bits per heavy atom. The second kappa shape index (κ2) is 42.9. The Kier molecular flexibility index (Phi) is 39.0. The lowest BCUT2D eigenvalue weighted by atomic mass is 10.4. The zero-order valence-electron chi connectivity index (χ0n) is 48.7. The number of carbonyl (C=O) groups excluding carboxylic acids is 4. The van der Waals surface area contributed by atoms with Crippen molar-refractivity contribution in [1.82, 2.24) is 15.1 Å². The topological polar surface area (TPSA) is 196 Å². The second-order valence-electron chi connectivity index (χ2n) is 17.5. The van der Waals surface area contributed by atoms with Gasteiger partial charge in [-0.3, -0.25) is 19.2 Å². The number of amides is 2. The molecule has 8 aromatic carbocycles. The molecule has 5 N–H and O–H groups in total. The molecule has 0 saturated carbocycles. The first-order valence-electron chi connectivity index (χ1n) is 26.0. The summed E-state index contributed by atoms with van der Waals surface area (Å²) in [6.45, 7) is 6.35. The molecular formula is C65H82N6O6P4S4+2. The molecule has 8 aromatic rings. The third-order valence-electron chi connectivity index (χ3n) is 12.2. The first-order valence-corrected chi connectivity index (χ1v) is 36.4. The quantitative estimate of drug-likeness (QED) is 0.0220. The lowest BCUT2D eigenvalue weighted by molar-refractivity contribution is -0.123. The molecule has 85 heavy (non-hydrogen) atoms. The minimum absolute atomic E-state index is 0. The van der Waals surface area contributed by atoms with Crippen molar-refractivity contribution in [1.29, 1.82) is 0 Å². The number of hydrogen-bond donors (Lipinski definition) is 5. The van der Waals surface area contributed by atoms with Crippen LogP contribution in [0.25, 0.3) is 10.4 Å². The van der Waals surface area contributed by atoms with Gasteiger partial charge >= 0.3 is 0 Å². The molecule has 0 fully saturated rings. The molecule has 0 radical (unpaired) electrons. The highest BCUT2D eigenvalue weighted by molar-refractivity contribution is 8.20. The van der Waals surface area contributed by atoms with E-state index in [1.54, 1.807) is 32.9 Å². The largest absolute Gasteiger partial charge is 0.412 e. The van der Waals surface area contributed by atoms with Crippen LogP contribution in [0.15, 0.2) is 248 Å². The van der Waals surface area contributed by atoms with E-state index in [1.807, 2.05) is 140 Å². The van der Waals surface area contributed by atoms with Crippen molar-refractivity contribution in [2.24, 2.45) is 5.11 Å². The average molecular weight is 1300 g/mol. The van der Waals surface area contributed by atoms with E-state index in [0.29, 0.717) is 5.49 Å². The van der Waals surface area contributed by atoms with Gasteiger partial charge < -0.3 is 15.7 Å². The van der Waals surface area contributed by atoms with Crippen LogP contribution in [-0.4, -0.2) is 86.9 Å². The molecule has 0 spiro atoms. The summed E-state index contributed by atoms with van der Waals surface area (Å²) >= 11 is 11.6. The fourth-order valence-corrected chi connectivity index (χ4v) is 24.5. The molecule has 0 atom stereocenters. The number of azide groups is 1. The molecule has 0 unspecified atom stereocenters. The van der Waals surface area contributed by atoms with Gasteiger partial charge in [0.15, 0.2) is 25.1 Å². The van der Waals surface area contributed by atoms with Crippen LogP contribution in [0.5, 0.6) is 0 Å². The number of nitrogens with one attached hydrogen (secondary N) is 2. The number of benzene rings is 8. The van der Waals surface area contributed by atoms with Crippen LogP contribution in [0.4, 0.5) is 0 Å². The van der Waals surface area contributed by atoms with Crippen LogP contribution in [-0.2, 0) is 19.2 Å². The van der Waals surface area contributed by atoms with E-state index in [0.717, 1.165) is 21.6 Å². The van der Waals surface area contributed by atoms with Gasteiger partial charge in [0, 0.05) is 76.9 Å². The molecule has 2 amide bonds. The van der Waals surface area contributed by atoms with Crippen LogP contribution in [0, 0.1) is 0 Å². The van der Waals surface area contributed by atoms with E-state index in [2.05, 4.69) is 167 Å². The van der Waals surface area contributed by atoms with Gasteiger partial charge in [-0.05, 0) is 89.5 Å². The van der Waals surface area contributed by atoms with Gasteiger partial charge in [0.1, 0.15) is 32.2 Å². The number of thiol groups is 2. The summed E-state index contributed by atoms with van der Waals surface area (Å²) in [6, 6.07) is 81.6. The van der Waals surface area contributed by atoms with E-state index in [4.69, 9.17) is 5.53 Å². The SMILES string of the molecule is C.CC(=O)N(C)[P+](CS)(c1ccccc1)c1ccccc1.CC(=O)SCP(c1ccccc1)c1ccccc1.CN=[N+]=[N-].CNC(C)=O.CN[P+](CSC(C)=O)(c1ccccc1)c1ccccc1.O.OP(=CS)(c1ccccc1)c1ccccc1. The van der Waals surface area contributed by atoms with Crippen molar-refractivity contribution in [3.8, 4) is 0 Å². The van der Waals surface area contributed by atoms with Crippen molar-refractivity contribution in [2.75, 3.05) is 44.7 Å². The molecule has 12 nitrogen and oxygen atoms in total. The molecule has 0 aliphatic rings. The molecule has 0 aliphatic carbocycles. The van der Waals surface area contributed by atoms with Crippen LogP contribution >= 0.6 is 78.6 Å². The van der Waals surface area contributed by atoms with E-state index in [-0.39, 0.29) is 34.9 Å². The predicted octanol–water partition coefficient (Wildman–Crippen LogP) is 12.1. The van der Waals surface area contributed by atoms with Crippen molar-refractivity contribution in [3.05, 3.63) is 253 Å². The molecule has 0 saturated heterocycles. The molecule has 20 heteroatoms. The number of carbonyl (C=O) groups is 4. The summed E-state index contributed by atoms with van der Waals surface area (Å²) < 4.78 is 1.88. The normalized spacial score (nSPS) is 10.2. The maximum absolute atomic E-state index is 12.0. The summed E-state index contributed by atoms with van der Waals surface area (Å²) in [7, 11) is 0.283. The first kappa shape index (κ1) is 77.2. The Balaban J connectivity index is 0.000000537. The maximum Gasteiger partial charge on any atom is 0.251 e. The van der Waals surface area contributed by atoms with Crippen molar-refractivity contribution < 1.29 is 29.5 Å². The molecule has 0 aromatic heterocycles. The van der Waals surface area contributed by atoms with E-state index < -0.39 is 29.9 Å². The monoisotopic (exact) mass is 1290 g/mol. The van der Waals surface area contributed by atoms with Gasteiger partial charge in [-0.15, -0.1) is 25.3 Å². The summed E-state index contributed by atoms with van der Waals surface area (Å²) in [5.74, 6) is 0.0742. The summed E-state index contributed by atoms with van der Waals surface area (Å²) in [5, 5.41) is 20.2. The second-order valence-corrected chi connectivity index (χ2v) is 33.9. The van der Waals surface area contributed by atoms with Gasteiger partial charge in [0.25, 0.3) is 5.91 Å². The highest BCUT2D eigenvalue weighted by Crippen LogP contribution is 2.59. The molecule has 0 aliphatic heterocycles. The molecule has 450 valence electrons. The number of nitrogens with zero attached hydrogens (tertiary/aromatic N) is 4. The fourth-order valence-electron chi connectivity index (χ4n) is 7.78. The van der Waals surface area contributed by atoms with E-state index in [9.17, 15) is 24.1 Å². The smallest absolute Gasteiger partial charge is 0.251 e. The Labute approximate surface area is 527 Å². The zero-order chi connectivity index (χ0) is 60.9. The number of hydrogen-bond acceptors (Lipinski definition) is 10. The molecule has 0 heterocycles.